The third kappa shape index (κ3) is 4.77. The summed E-state index contributed by atoms with van der Waals surface area (Å²) in [7, 11) is 0. The largest absolute Gasteiger partial charge is 0.416 e. The predicted octanol–water partition coefficient (Wildman–Crippen LogP) is 3.34. The number of hydrogen-bond acceptors (Lipinski definition) is 4. The number of alkyl halides is 3. The van der Waals surface area contributed by atoms with Crippen LogP contribution in [-0.2, 0) is 17.5 Å². The molecule has 0 bridgehead atoms. The maximum Gasteiger partial charge on any atom is 0.416 e. The van der Waals surface area contributed by atoms with Crippen molar-refractivity contribution in [3.8, 4) is 0 Å². The molecule has 152 valence electrons. The summed E-state index contributed by atoms with van der Waals surface area (Å²) in [5.74, 6) is 0.507. The maximum absolute atomic E-state index is 12.8. The van der Waals surface area contributed by atoms with Crippen molar-refractivity contribution in [2.24, 2.45) is 0 Å². The van der Waals surface area contributed by atoms with Crippen molar-refractivity contribution >= 4 is 29.1 Å². The highest BCUT2D eigenvalue weighted by Crippen LogP contribution is 2.33. The molecule has 6 nitrogen and oxygen atoms in total. The molecule has 1 aromatic heterocycles. The van der Waals surface area contributed by atoms with E-state index in [0.29, 0.717) is 26.2 Å². The van der Waals surface area contributed by atoms with Crippen molar-refractivity contribution in [3.63, 3.8) is 0 Å². The number of carbonyl (C=O) groups is 1. The third-order valence-electron chi connectivity index (χ3n) is 4.62. The van der Waals surface area contributed by atoms with Crippen LogP contribution in [-0.4, -0.2) is 53.1 Å². The number of anilines is 2. The first-order valence-electron chi connectivity index (χ1n) is 8.93. The van der Waals surface area contributed by atoms with Gasteiger partial charge in [0.25, 0.3) is 0 Å². The van der Waals surface area contributed by atoms with Crippen LogP contribution in [0.3, 0.4) is 0 Å². The summed E-state index contributed by atoms with van der Waals surface area (Å²) in [6, 6.07) is 2.87. The van der Waals surface area contributed by atoms with Gasteiger partial charge in [-0.15, -0.1) is 0 Å². The van der Waals surface area contributed by atoms with Gasteiger partial charge in [-0.2, -0.15) is 13.2 Å². The average Bonchev–Trinajstić information content (AvgIpc) is 3.12. The summed E-state index contributed by atoms with van der Waals surface area (Å²) in [5, 5.41) is 2.55. The predicted molar refractivity (Wildman–Crippen MR) is 102 cm³/mol. The van der Waals surface area contributed by atoms with Crippen LogP contribution in [0.4, 0.5) is 24.8 Å². The van der Waals surface area contributed by atoms with Crippen LogP contribution in [0.1, 0.15) is 12.5 Å². The minimum atomic E-state index is -4.50. The summed E-state index contributed by atoms with van der Waals surface area (Å²) in [6.45, 7) is 5.70. The Balaban J connectivity index is 1.55. The maximum atomic E-state index is 12.8. The van der Waals surface area contributed by atoms with Gasteiger partial charge in [0.05, 0.1) is 22.8 Å². The van der Waals surface area contributed by atoms with Crippen molar-refractivity contribution < 1.29 is 18.0 Å². The van der Waals surface area contributed by atoms with Crippen LogP contribution in [0.5, 0.6) is 0 Å². The van der Waals surface area contributed by atoms with Crippen molar-refractivity contribution in [3.05, 3.63) is 41.2 Å². The van der Waals surface area contributed by atoms with E-state index in [1.54, 1.807) is 6.20 Å². The van der Waals surface area contributed by atoms with Gasteiger partial charge in [-0.05, 0) is 25.1 Å². The molecule has 0 radical (unpaired) electrons. The lowest BCUT2D eigenvalue weighted by molar-refractivity contribution is -0.137. The number of amides is 1. The van der Waals surface area contributed by atoms with Gasteiger partial charge in [0.2, 0.25) is 11.9 Å². The molecule has 0 spiro atoms. The topological polar surface area (TPSA) is 53.4 Å². The van der Waals surface area contributed by atoms with Crippen molar-refractivity contribution in [1.29, 1.82) is 0 Å². The minimum Gasteiger partial charge on any atom is -0.340 e. The molecule has 2 heterocycles. The highest BCUT2D eigenvalue weighted by atomic mass is 35.5. The molecular weight excluding hydrogens is 395 g/mol. The number of nitrogens with zero attached hydrogens (tertiary/aromatic N) is 4. The fourth-order valence-electron chi connectivity index (χ4n) is 3.13. The van der Waals surface area contributed by atoms with Crippen LogP contribution in [0.15, 0.2) is 30.6 Å². The van der Waals surface area contributed by atoms with Crippen molar-refractivity contribution in [1.82, 2.24) is 14.5 Å². The molecule has 0 aliphatic carbocycles. The second-order valence-corrected chi connectivity index (χ2v) is 6.92. The Morgan fingerprint density at radius 1 is 1.25 bits per heavy atom. The van der Waals surface area contributed by atoms with Gasteiger partial charge in [-0.3, -0.25) is 9.69 Å². The van der Waals surface area contributed by atoms with Gasteiger partial charge in [0, 0.05) is 45.1 Å². The van der Waals surface area contributed by atoms with Crippen LogP contribution < -0.4 is 10.2 Å². The zero-order valence-corrected chi connectivity index (χ0v) is 16.1. The molecule has 0 atom stereocenters. The number of aryl methyl sites for hydroxylation is 1. The number of nitrogens with one attached hydrogen (secondary N) is 1. The SMILES string of the molecule is CCn1ccnc1N1CCN(CC(=O)Nc2cc(C(F)(F)F)ccc2Cl)CC1. The Hall–Kier alpha value is -2.26. The Morgan fingerprint density at radius 3 is 2.61 bits per heavy atom. The first-order chi connectivity index (χ1) is 13.3. The molecular formula is C18H21ClF3N5O. The first kappa shape index (κ1) is 20.5. The summed E-state index contributed by atoms with van der Waals surface area (Å²) >= 11 is 5.93. The number of benzene rings is 1. The molecule has 0 unspecified atom stereocenters. The fourth-order valence-corrected chi connectivity index (χ4v) is 3.29. The second-order valence-electron chi connectivity index (χ2n) is 6.52. The molecule has 1 aromatic carbocycles. The minimum absolute atomic E-state index is 0.0369. The Labute approximate surface area is 165 Å². The molecule has 1 fully saturated rings. The summed E-state index contributed by atoms with van der Waals surface area (Å²) in [6.07, 6.45) is -0.810. The van der Waals surface area contributed by atoms with Gasteiger partial charge in [0.15, 0.2) is 0 Å². The lowest BCUT2D eigenvalue weighted by Gasteiger charge is -2.35. The van der Waals surface area contributed by atoms with E-state index in [1.807, 2.05) is 18.0 Å². The normalized spacial score (nSPS) is 15.7. The molecule has 1 amide bonds. The molecule has 1 aliphatic rings. The third-order valence-corrected chi connectivity index (χ3v) is 4.95. The van der Waals surface area contributed by atoms with Gasteiger partial charge < -0.3 is 14.8 Å². The van der Waals surface area contributed by atoms with E-state index >= 15 is 0 Å². The number of aromatic nitrogens is 2. The Morgan fingerprint density at radius 2 is 1.96 bits per heavy atom. The van der Waals surface area contributed by atoms with Crippen molar-refractivity contribution in [2.75, 3.05) is 42.9 Å². The van der Waals surface area contributed by atoms with Crippen molar-refractivity contribution in [2.45, 2.75) is 19.6 Å². The Bertz CT molecular complexity index is 831. The smallest absolute Gasteiger partial charge is 0.340 e. The van der Waals surface area contributed by atoms with E-state index in [0.717, 1.165) is 30.7 Å². The van der Waals surface area contributed by atoms with Crippen LogP contribution >= 0.6 is 11.6 Å². The molecule has 0 saturated carbocycles. The van der Waals surface area contributed by atoms with Crippen LogP contribution in [0, 0.1) is 0 Å². The summed E-state index contributed by atoms with van der Waals surface area (Å²) in [4.78, 5) is 20.8. The molecule has 3 rings (SSSR count). The fraction of sp³-hybridized carbons (Fsp3) is 0.444. The van der Waals surface area contributed by atoms with Crippen LogP contribution in [0.2, 0.25) is 5.02 Å². The molecule has 1 aliphatic heterocycles. The van der Waals surface area contributed by atoms with E-state index in [-0.39, 0.29) is 17.3 Å². The molecule has 28 heavy (non-hydrogen) atoms. The highest BCUT2D eigenvalue weighted by molar-refractivity contribution is 6.33. The summed E-state index contributed by atoms with van der Waals surface area (Å²) in [5.41, 5.74) is -0.891. The number of piperazine rings is 1. The molecule has 1 saturated heterocycles. The number of imidazole rings is 1. The second kappa shape index (κ2) is 8.40. The quantitative estimate of drug-likeness (QED) is 0.813. The number of carbonyl (C=O) groups excluding carboxylic acids is 1. The van der Waals surface area contributed by atoms with Gasteiger partial charge in [-0.1, -0.05) is 11.6 Å². The molecule has 10 heteroatoms. The number of hydrogen-bond donors (Lipinski definition) is 1. The summed E-state index contributed by atoms with van der Waals surface area (Å²) < 4.78 is 40.6. The van der Waals surface area contributed by atoms with E-state index in [1.165, 1.54) is 0 Å². The highest BCUT2D eigenvalue weighted by Gasteiger charge is 2.31. The zero-order valence-electron chi connectivity index (χ0n) is 15.3. The number of rotatable bonds is 5. The van der Waals surface area contributed by atoms with E-state index in [2.05, 4.69) is 19.8 Å². The monoisotopic (exact) mass is 415 g/mol. The molecule has 2 aromatic rings. The lowest BCUT2D eigenvalue weighted by atomic mass is 10.2. The number of halogens is 4. The standard InChI is InChI=1S/C18H21ClF3N5O/c1-2-26-6-5-23-17(26)27-9-7-25(8-10-27)12-16(28)24-15-11-13(18(20,21)22)3-4-14(15)19/h3-6,11H,2,7-10,12H2,1H3,(H,24,28). The van der Waals surface area contributed by atoms with Gasteiger partial charge in [-0.25, -0.2) is 4.98 Å². The molecule has 1 N–H and O–H groups in total. The van der Waals surface area contributed by atoms with Crippen LogP contribution in [0.25, 0.3) is 0 Å². The zero-order chi connectivity index (χ0) is 20.3. The van der Waals surface area contributed by atoms with E-state index in [4.69, 9.17) is 11.6 Å². The lowest BCUT2D eigenvalue weighted by Crippen LogP contribution is -2.49. The van der Waals surface area contributed by atoms with E-state index in [9.17, 15) is 18.0 Å². The van der Waals surface area contributed by atoms with Gasteiger partial charge >= 0.3 is 6.18 Å². The Kier molecular flexibility index (Phi) is 6.14. The van der Waals surface area contributed by atoms with Gasteiger partial charge in [0.1, 0.15) is 0 Å². The average molecular weight is 416 g/mol. The van der Waals surface area contributed by atoms with E-state index < -0.39 is 17.6 Å². The first-order valence-corrected chi connectivity index (χ1v) is 9.30.